The molecule has 0 N–H and O–H groups in total. The highest BCUT2D eigenvalue weighted by atomic mass is 35.5. The number of fused-ring (bicyclic) bond motifs is 8. The molecule has 0 fully saturated rings. The molecule has 0 saturated carbocycles. The van der Waals surface area contributed by atoms with Crippen LogP contribution in [0.4, 0.5) is 0 Å². The molecule has 0 bridgehead atoms. The molecule has 0 saturated heterocycles. The van der Waals surface area contributed by atoms with E-state index in [1.54, 1.807) is 0 Å². The Morgan fingerprint density at radius 3 is 1.69 bits per heavy atom. The molecule has 0 aliphatic heterocycles. The van der Waals surface area contributed by atoms with Crippen molar-refractivity contribution in [3.05, 3.63) is 148 Å². The molecule has 150 valence electrons. The second kappa shape index (κ2) is 6.45. The van der Waals surface area contributed by atoms with Crippen LogP contribution in [-0.4, -0.2) is 0 Å². The second-order valence-corrected chi connectivity index (χ2v) is 8.99. The Kier molecular flexibility index (Phi) is 3.63. The van der Waals surface area contributed by atoms with E-state index in [1.165, 1.54) is 50.1 Å². The summed E-state index contributed by atoms with van der Waals surface area (Å²) in [6, 6.07) is 36.9. The van der Waals surface area contributed by atoms with E-state index in [4.69, 9.17) is 11.6 Å². The van der Waals surface area contributed by atoms with E-state index in [9.17, 15) is 0 Å². The van der Waals surface area contributed by atoms with Crippen LogP contribution >= 0.6 is 11.6 Å². The summed E-state index contributed by atoms with van der Waals surface area (Å²) in [5.74, 6) is 0. The Morgan fingerprint density at radius 1 is 0.500 bits per heavy atom. The molecule has 0 unspecified atom stereocenters. The van der Waals surface area contributed by atoms with Crippen LogP contribution in [0, 0.1) is 0 Å². The molecule has 3 aliphatic carbocycles. The number of hydrogen-bond donors (Lipinski definition) is 0. The Bertz CT molecular complexity index is 1470. The molecular weight excluding hydrogens is 408 g/mol. The summed E-state index contributed by atoms with van der Waals surface area (Å²) in [6.45, 7) is 0. The van der Waals surface area contributed by atoms with Crippen molar-refractivity contribution in [2.45, 2.75) is 5.41 Å². The third-order valence-corrected chi connectivity index (χ3v) is 7.53. The van der Waals surface area contributed by atoms with E-state index in [2.05, 4.69) is 115 Å². The predicted octanol–water partition coefficient (Wildman–Crippen LogP) is 8.04. The van der Waals surface area contributed by atoms with Gasteiger partial charge < -0.3 is 0 Å². The first-order valence-electron chi connectivity index (χ1n) is 11.0. The maximum Gasteiger partial charge on any atom is 0.0745 e. The smallest absolute Gasteiger partial charge is 0.0745 e. The molecule has 1 spiro atoms. The fourth-order valence-corrected chi connectivity index (χ4v) is 6.33. The molecule has 4 aromatic rings. The lowest BCUT2D eigenvalue weighted by Gasteiger charge is -2.49. The van der Waals surface area contributed by atoms with Crippen molar-refractivity contribution in [3.8, 4) is 0 Å². The molecule has 3 aliphatic rings. The molecule has 4 aromatic carbocycles. The highest BCUT2D eigenvalue weighted by Gasteiger charge is 2.58. The van der Waals surface area contributed by atoms with Gasteiger partial charge in [-0.05, 0) is 50.1 Å². The molecule has 0 amide bonds. The number of allylic oxidation sites excluding steroid dienone is 3. The molecule has 0 atom stereocenters. The van der Waals surface area contributed by atoms with Crippen LogP contribution in [0.5, 0.6) is 0 Å². The zero-order chi connectivity index (χ0) is 21.3. The Hall–Kier alpha value is -3.61. The maximum absolute atomic E-state index is 7.23. The summed E-state index contributed by atoms with van der Waals surface area (Å²) in [7, 11) is 0. The van der Waals surface area contributed by atoms with Gasteiger partial charge in [-0.1, -0.05) is 127 Å². The van der Waals surface area contributed by atoms with Crippen molar-refractivity contribution >= 4 is 39.9 Å². The van der Waals surface area contributed by atoms with Gasteiger partial charge in [-0.2, -0.15) is 0 Å². The normalized spacial score (nSPS) is 16.8. The van der Waals surface area contributed by atoms with Gasteiger partial charge in [0, 0.05) is 5.56 Å². The average Bonchev–Trinajstić information content (AvgIpc) is 2.98. The van der Waals surface area contributed by atoms with Gasteiger partial charge in [0.1, 0.15) is 0 Å². The fourth-order valence-electron chi connectivity index (χ4n) is 5.93. The molecule has 0 radical (unpaired) electrons. The molecule has 1 heteroatoms. The fraction of sp³-hybridized carbons (Fsp3) is 0.0323. The number of hydrogen-bond acceptors (Lipinski definition) is 0. The quantitative estimate of drug-likeness (QED) is 0.289. The van der Waals surface area contributed by atoms with Crippen LogP contribution in [-0.2, 0) is 5.41 Å². The number of benzene rings is 4. The van der Waals surface area contributed by atoms with E-state index in [0.717, 1.165) is 10.6 Å². The lowest BCUT2D eigenvalue weighted by Crippen LogP contribution is -2.40. The summed E-state index contributed by atoms with van der Waals surface area (Å²) in [4.78, 5) is 0. The Morgan fingerprint density at radius 2 is 1.03 bits per heavy atom. The molecule has 7 rings (SSSR count). The summed E-state index contributed by atoms with van der Waals surface area (Å²) in [5.41, 5.74) is 12.2. The molecule has 0 heterocycles. The highest BCUT2D eigenvalue weighted by Crippen LogP contribution is 2.70. The SMILES string of the molecule is ClC1=C2C(=C(c3ccccc3)C23c2ccccc2C=Cc2ccccc23)c2ccccc21. The van der Waals surface area contributed by atoms with Crippen LogP contribution in [0.3, 0.4) is 0 Å². The standard InChI is InChI=1S/C31H19Cl/c32-30-24-15-7-6-14-23(24)27-28(22-12-2-1-3-13-22)31(29(27)30)25-16-8-4-10-20(25)18-19-21-11-5-9-17-26(21)31/h1-19H. The maximum atomic E-state index is 7.23. The summed E-state index contributed by atoms with van der Waals surface area (Å²) < 4.78 is 0. The molecule has 0 nitrogen and oxygen atoms in total. The van der Waals surface area contributed by atoms with Crippen molar-refractivity contribution in [1.82, 2.24) is 0 Å². The predicted molar refractivity (Wildman–Crippen MR) is 135 cm³/mol. The van der Waals surface area contributed by atoms with Gasteiger partial charge in [0.2, 0.25) is 0 Å². The zero-order valence-corrected chi connectivity index (χ0v) is 18.1. The van der Waals surface area contributed by atoms with E-state index in [1.807, 2.05) is 0 Å². The van der Waals surface area contributed by atoms with Gasteiger partial charge >= 0.3 is 0 Å². The molecular formula is C31H19Cl. The zero-order valence-electron chi connectivity index (χ0n) is 17.3. The van der Waals surface area contributed by atoms with Crippen molar-refractivity contribution in [1.29, 1.82) is 0 Å². The van der Waals surface area contributed by atoms with Gasteiger partial charge in [0.15, 0.2) is 0 Å². The number of rotatable bonds is 1. The van der Waals surface area contributed by atoms with E-state index < -0.39 is 5.41 Å². The largest absolute Gasteiger partial charge is 0.0833 e. The minimum absolute atomic E-state index is 0.413. The first kappa shape index (κ1) is 18.0. The lowest BCUT2D eigenvalue weighted by atomic mass is 9.51. The van der Waals surface area contributed by atoms with E-state index >= 15 is 0 Å². The Balaban J connectivity index is 1.71. The van der Waals surface area contributed by atoms with E-state index in [0.29, 0.717) is 0 Å². The van der Waals surface area contributed by atoms with Crippen LogP contribution in [0.2, 0.25) is 0 Å². The van der Waals surface area contributed by atoms with Crippen LogP contribution < -0.4 is 0 Å². The summed E-state index contributed by atoms with van der Waals surface area (Å²) in [6.07, 6.45) is 4.50. The lowest BCUT2D eigenvalue weighted by molar-refractivity contribution is 0.777. The van der Waals surface area contributed by atoms with Crippen molar-refractivity contribution in [3.63, 3.8) is 0 Å². The highest BCUT2D eigenvalue weighted by molar-refractivity contribution is 6.54. The van der Waals surface area contributed by atoms with Gasteiger partial charge in [0.05, 0.1) is 10.4 Å². The topological polar surface area (TPSA) is 0 Å². The third-order valence-electron chi connectivity index (χ3n) is 7.14. The van der Waals surface area contributed by atoms with Crippen molar-refractivity contribution in [2.24, 2.45) is 0 Å². The van der Waals surface area contributed by atoms with Gasteiger partial charge in [-0.3, -0.25) is 0 Å². The van der Waals surface area contributed by atoms with Crippen molar-refractivity contribution in [2.75, 3.05) is 0 Å². The van der Waals surface area contributed by atoms with Crippen molar-refractivity contribution < 1.29 is 0 Å². The van der Waals surface area contributed by atoms with E-state index in [-0.39, 0.29) is 0 Å². The minimum Gasteiger partial charge on any atom is -0.0833 e. The molecule has 0 aromatic heterocycles. The summed E-state index contributed by atoms with van der Waals surface area (Å²) >= 11 is 7.23. The van der Waals surface area contributed by atoms with Crippen LogP contribution in [0.25, 0.3) is 28.3 Å². The first-order valence-corrected chi connectivity index (χ1v) is 11.4. The monoisotopic (exact) mass is 426 g/mol. The van der Waals surface area contributed by atoms with Crippen LogP contribution in [0.15, 0.2) is 109 Å². The second-order valence-electron chi connectivity index (χ2n) is 8.61. The van der Waals surface area contributed by atoms with Gasteiger partial charge in [0.25, 0.3) is 0 Å². The van der Waals surface area contributed by atoms with Crippen LogP contribution in [0.1, 0.15) is 38.9 Å². The van der Waals surface area contributed by atoms with Gasteiger partial charge in [-0.25, -0.2) is 0 Å². The first-order chi connectivity index (χ1) is 15.8. The summed E-state index contributed by atoms with van der Waals surface area (Å²) in [5, 5.41) is 0.877. The Labute approximate surface area is 192 Å². The minimum atomic E-state index is -0.413. The average molecular weight is 427 g/mol. The third kappa shape index (κ3) is 2.08. The van der Waals surface area contributed by atoms with Gasteiger partial charge in [-0.15, -0.1) is 0 Å². The molecule has 32 heavy (non-hydrogen) atoms. The number of halogens is 1.